The summed E-state index contributed by atoms with van der Waals surface area (Å²) in [5.41, 5.74) is 5.55. The third kappa shape index (κ3) is 3.73. The van der Waals surface area contributed by atoms with Gasteiger partial charge in [-0.05, 0) is 29.2 Å². The van der Waals surface area contributed by atoms with Gasteiger partial charge >= 0.3 is 0 Å². The van der Waals surface area contributed by atoms with Gasteiger partial charge in [0.05, 0.1) is 12.8 Å². The second-order valence-corrected chi connectivity index (χ2v) is 6.27. The first-order chi connectivity index (χ1) is 12.8. The van der Waals surface area contributed by atoms with Gasteiger partial charge < -0.3 is 14.7 Å². The average Bonchev–Trinajstić information content (AvgIpc) is 2.72. The summed E-state index contributed by atoms with van der Waals surface area (Å²) < 4.78 is 5.89. The number of ether oxygens (including phenoxy) is 1. The lowest BCUT2D eigenvalue weighted by Crippen LogP contribution is -2.20. The lowest BCUT2D eigenvalue weighted by Gasteiger charge is -2.25. The maximum atomic E-state index is 9.16. The Bertz CT molecular complexity index is 832. The lowest BCUT2D eigenvalue weighted by atomic mass is 9.92. The number of hydrogen-bond acceptors (Lipinski definition) is 3. The molecule has 0 radical (unpaired) electrons. The molecule has 0 fully saturated rings. The van der Waals surface area contributed by atoms with E-state index < -0.39 is 0 Å². The van der Waals surface area contributed by atoms with Gasteiger partial charge in [0, 0.05) is 25.8 Å². The Kier molecular flexibility index (Phi) is 5.92. The molecule has 0 heterocycles. The van der Waals surface area contributed by atoms with Crippen LogP contribution < -0.4 is 9.64 Å². The van der Waals surface area contributed by atoms with E-state index in [0.717, 1.165) is 46.7 Å². The van der Waals surface area contributed by atoms with Crippen molar-refractivity contribution in [1.82, 2.24) is 0 Å². The van der Waals surface area contributed by atoms with Crippen LogP contribution in [0.1, 0.15) is 6.42 Å². The van der Waals surface area contributed by atoms with E-state index in [9.17, 15) is 0 Å². The van der Waals surface area contributed by atoms with Crippen molar-refractivity contribution in [2.24, 2.45) is 0 Å². The minimum atomic E-state index is 0.181. The molecule has 3 nitrogen and oxygen atoms in total. The Morgan fingerprint density at radius 2 is 1.46 bits per heavy atom. The summed E-state index contributed by atoms with van der Waals surface area (Å²) >= 11 is 0. The SMILES string of the molecule is COc1c(N(C)CCCO)ccc(-c2ccccc2)c1-c1ccccc1. The maximum Gasteiger partial charge on any atom is 0.150 e. The largest absolute Gasteiger partial charge is 0.494 e. The fraction of sp³-hybridized carbons (Fsp3) is 0.217. The van der Waals surface area contributed by atoms with Crippen LogP contribution in [-0.2, 0) is 0 Å². The molecular weight excluding hydrogens is 322 g/mol. The van der Waals surface area contributed by atoms with Crippen LogP contribution in [0.15, 0.2) is 72.8 Å². The van der Waals surface area contributed by atoms with Crippen molar-refractivity contribution < 1.29 is 9.84 Å². The summed E-state index contributed by atoms with van der Waals surface area (Å²) in [6.45, 7) is 0.950. The van der Waals surface area contributed by atoms with Gasteiger partial charge in [0.1, 0.15) is 0 Å². The highest BCUT2D eigenvalue weighted by atomic mass is 16.5. The van der Waals surface area contributed by atoms with Crippen LogP contribution >= 0.6 is 0 Å². The van der Waals surface area contributed by atoms with Crippen LogP contribution in [-0.4, -0.2) is 32.4 Å². The number of rotatable bonds is 7. The monoisotopic (exact) mass is 347 g/mol. The van der Waals surface area contributed by atoms with E-state index in [1.54, 1.807) is 7.11 Å². The van der Waals surface area contributed by atoms with Crippen LogP contribution in [0.2, 0.25) is 0 Å². The van der Waals surface area contributed by atoms with E-state index in [1.807, 2.05) is 31.3 Å². The first-order valence-electron chi connectivity index (χ1n) is 8.90. The molecule has 0 aliphatic carbocycles. The Balaban J connectivity index is 2.21. The van der Waals surface area contributed by atoms with Gasteiger partial charge in [-0.3, -0.25) is 0 Å². The van der Waals surface area contributed by atoms with E-state index in [4.69, 9.17) is 9.84 Å². The molecule has 0 aliphatic heterocycles. The van der Waals surface area contributed by atoms with Gasteiger partial charge in [-0.25, -0.2) is 0 Å². The van der Waals surface area contributed by atoms with Crippen molar-refractivity contribution in [1.29, 1.82) is 0 Å². The second kappa shape index (κ2) is 8.54. The third-order valence-corrected chi connectivity index (χ3v) is 4.55. The fourth-order valence-electron chi connectivity index (χ4n) is 3.26. The number of nitrogens with zero attached hydrogens (tertiary/aromatic N) is 1. The quantitative estimate of drug-likeness (QED) is 0.663. The van der Waals surface area contributed by atoms with E-state index in [-0.39, 0.29) is 6.61 Å². The van der Waals surface area contributed by atoms with Crippen LogP contribution in [0.3, 0.4) is 0 Å². The number of aliphatic hydroxyl groups excluding tert-OH is 1. The van der Waals surface area contributed by atoms with Crippen molar-refractivity contribution in [3.63, 3.8) is 0 Å². The summed E-state index contributed by atoms with van der Waals surface area (Å²) in [7, 11) is 3.75. The lowest BCUT2D eigenvalue weighted by molar-refractivity contribution is 0.290. The molecule has 3 rings (SSSR count). The molecule has 0 atom stereocenters. The molecule has 0 spiro atoms. The van der Waals surface area contributed by atoms with E-state index in [1.165, 1.54) is 0 Å². The Hall–Kier alpha value is -2.78. The molecule has 26 heavy (non-hydrogen) atoms. The minimum absolute atomic E-state index is 0.181. The second-order valence-electron chi connectivity index (χ2n) is 6.27. The number of methoxy groups -OCH3 is 1. The summed E-state index contributed by atoms with van der Waals surface area (Å²) in [5.74, 6) is 0.859. The van der Waals surface area contributed by atoms with Crippen molar-refractivity contribution >= 4 is 5.69 Å². The molecule has 0 bridgehead atoms. The molecule has 134 valence electrons. The van der Waals surface area contributed by atoms with E-state index >= 15 is 0 Å². The summed E-state index contributed by atoms with van der Waals surface area (Å²) in [6.07, 6.45) is 0.723. The zero-order valence-corrected chi connectivity index (χ0v) is 15.4. The van der Waals surface area contributed by atoms with Crippen molar-refractivity contribution in [3.8, 4) is 28.0 Å². The van der Waals surface area contributed by atoms with Gasteiger partial charge in [0.2, 0.25) is 0 Å². The molecule has 0 aromatic heterocycles. The zero-order valence-electron chi connectivity index (χ0n) is 15.4. The number of benzene rings is 3. The molecule has 1 N–H and O–H groups in total. The van der Waals surface area contributed by atoms with Gasteiger partial charge in [0.25, 0.3) is 0 Å². The van der Waals surface area contributed by atoms with E-state index in [0.29, 0.717) is 0 Å². The zero-order chi connectivity index (χ0) is 18.4. The molecule has 0 aliphatic rings. The molecule has 3 aromatic carbocycles. The molecule has 0 saturated carbocycles. The van der Waals surface area contributed by atoms with Gasteiger partial charge in [0.15, 0.2) is 5.75 Å². The highest BCUT2D eigenvalue weighted by molar-refractivity contribution is 5.92. The molecule has 0 saturated heterocycles. The number of anilines is 1. The first-order valence-corrected chi connectivity index (χ1v) is 8.90. The minimum Gasteiger partial charge on any atom is -0.494 e. The fourth-order valence-corrected chi connectivity index (χ4v) is 3.26. The van der Waals surface area contributed by atoms with E-state index in [2.05, 4.69) is 53.4 Å². The van der Waals surface area contributed by atoms with Gasteiger partial charge in [-0.1, -0.05) is 66.7 Å². The normalized spacial score (nSPS) is 10.6. The van der Waals surface area contributed by atoms with Gasteiger partial charge in [-0.2, -0.15) is 0 Å². The molecule has 3 heteroatoms. The maximum absolute atomic E-state index is 9.16. The van der Waals surface area contributed by atoms with Crippen LogP contribution in [0.4, 0.5) is 5.69 Å². The predicted molar refractivity (Wildman–Crippen MR) is 109 cm³/mol. The Labute approximate surface area is 155 Å². The molecule has 3 aromatic rings. The van der Waals surface area contributed by atoms with Crippen molar-refractivity contribution in [2.75, 3.05) is 32.2 Å². The van der Waals surface area contributed by atoms with Crippen LogP contribution in [0, 0.1) is 0 Å². The van der Waals surface area contributed by atoms with Crippen LogP contribution in [0.25, 0.3) is 22.3 Å². The molecule has 0 amide bonds. The van der Waals surface area contributed by atoms with Crippen molar-refractivity contribution in [2.45, 2.75) is 6.42 Å². The Morgan fingerprint density at radius 3 is 2.04 bits per heavy atom. The van der Waals surface area contributed by atoms with Gasteiger partial charge in [-0.15, -0.1) is 0 Å². The molecule has 0 unspecified atom stereocenters. The highest BCUT2D eigenvalue weighted by Crippen LogP contribution is 2.44. The summed E-state index contributed by atoms with van der Waals surface area (Å²) in [6, 6.07) is 25.0. The number of aliphatic hydroxyl groups is 1. The highest BCUT2D eigenvalue weighted by Gasteiger charge is 2.19. The molecular formula is C23H25NO2. The third-order valence-electron chi connectivity index (χ3n) is 4.55. The summed E-state index contributed by atoms with van der Waals surface area (Å²) in [4.78, 5) is 2.14. The smallest absolute Gasteiger partial charge is 0.150 e. The Morgan fingerprint density at radius 1 is 0.846 bits per heavy atom. The standard InChI is InChI=1S/C23H25NO2/c1-24(16-9-17-25)21-15-14-20(18-10-5-3-6-11-18)22(23(21)26-2)19-12-7-4-8-13-19/h3-8,10-15,25H,9,16-17H2,1-2H3. The average molecular weight is 347 g/mol. The summed E-state index contributed by atoms with van der Waals surface area (Å²) in [5, 5.41) is 9.16. The first kappa shape index (κ1) is 18.0. The van der Waals surface area contributed by atoms with Crippen LogP contribution in [0.5, 0.6) is 5.75 Å². The van der Waals surface area contributed by atoms with Crippen molar-refractivity contribution in [3.05, 3.63) is 72.8 Å². The number of hydrogen-bond donors (Lipinski definition) is 1. The predicted octanol–water partition coefficient (Wildman–Crippen LogP) is 4.85. The topological polar surface area (TPSA) is 32.7 Å².